The summed E-state index contributed by atoms with van der Waals surface area (Å²) in [6.07, 6.45) is 2.32. The SMILES string of the molecule is CCOC(=O)[C@@H](CCc1ccccc1)NCC(=O)N1CCC[C@H]1C(=O)O. The van der Waals surface area contributed by atoms with E-state index in [2.05, 4.69) is 5.32 Å². The first-order chi connectivity index (χ1) is 12.5. The summed E-state index contributed by atoms with van der Waals surface area (Å²) in [4.78, 5) is 37.1. The van der Waals surface area contributed by atoms with E-state index in [1.165, 1.54) is 4.90 Å². The highest BCUT2D eigenvalue weighted by Crippen LogP contribution is 2.17. The maximum Gasteiger partial charge on any atom is 0.326 e. The number of carboxylic acid groups (broad SMARTS) is 1. The molecule has 1 fully saturated rings. The second-order valence-corrected chi connectivity index (χ2v) is 6.29. The molecule has 0 aliphatic carbocycles. The molecular formula is C19H26N2O5. The van der Waals surface area contributed by atoms with Gasteiger partial charge in [0.15, 0.2) is 0 Å². The molecule has 2 N–H and O–H groups in total. The molecule has 1 aromatic rings. The van der Waals surface area contributed by atoms with Gasteiger partial charge in [0.25, 0.3) is 0 Å². The van der Waals surface area contributed by atoms with Gasteiger partial charge in [-0.15, -0.1) is 0 Å². The lowest BCUT2D eigenvalue weighted by atomic mass is 10.1. The number of benzene rings is 1. The van der Waals surface area contributed by atoms with Crippen LogP contribution in [0, 0.1) is 0 Å². The Morgan fingerprint density at radius 2 is 2.04 bits per heavy atom. The first kappa shape index (κ1) is 19.9. The van der Waals surface area contributed by atoms with Gasteiger partial charge in [-0.1, -0.05) is 30.3 Å². The van der Waals surface area contributed by atoms with Crippen LogP contribution in [0.15, 0.2) is 30.3 Å². The van der Waals surface area contributed by atoms with Crippen LogP contribution in [0.2, 0.25) is 0 Å². The fourth-order valence-corrected chi connectivity index (χ4v) is 3.14. The number of rotatable bonds is 9. The van der Waals surface area contributed by atoms with Gasteiger partial charge in [0, 0.05) is 6.54 Å². The maximum absolute atomic E-state index is 12.4. The molecular weight excluding hydrogens is 336 g/mol. The molecule has 1 aromatic carbocycles. The second-order valence-electron chi connectivity index (χ2n) is 6.29. The van der Waals surface area contributed by atoms with Crippen LogP contribution in [0.3, 0.4) is 0 Å². The largest absolute Gasteiger partial charge is 0.480 e. The van der Waals surface area contributed by atoms with Crippen LogP contribution in [-0.2, 0) is 25.5 Å². The van der Waals surface area contributed by atoms with Crippen LogP contribution in [-0.4, -0.2) is 59.6 Å². The third kappa shape index (κ3) is 5.56. The van der Waals surface area contributed by atoms with Gasteiger partial charge < -0.3 is 14.7 Å². The zero-order chi connectivity index (χ0) is 18.9. The summed E-state index contributed by atoms with van der Waals surface area (Å²) < 4.78 is 5.09. The van der Waals surface area contributed by atoms with Crippen LogP contribution in [0.1, 0.15) is 31.7 Å². The van der Waals surface area contributed by atoms with E-state index in [0.717, 1.165) is 5.56 Å². The van der Waals surface area contributed by atoms with Crippen molar-refractivity contribution in [3.63, 3.8) is 0 Å². The molecule has 1 aliphatic heterocycles. The smallest absolute Gasteiger partial charge is 0.326 e. The van der Waals surface area contributed by atoms with E-state index < -0.39 is 24.0 Å². The van der Waals surface area contributed by atoms with E-state index >= 15 is 0 Å². The molecule has 26 heavy (non-hydrogen) atoms. The number of hydrogen-bond donors (Lipinski definition) is 2. The van der Waals surface area contributed by atoms with Gasteiger partial charge in [-0.3, -0.25) is 14.9 Å². The van der Waals surface area contributed by atoms with Gasteiger partial charge >= 0.3 is 11.9 Å². The zero-order valence-electron chi connectivity index (χ0n) is 15.0. The van der Waals surface area contributed by atoms with Crippen LogP contribution < -0.4 is 5.32 Å². The van der Waals surface area contributed by atoms with Gasteiger partial charge in [0.2, 0.25) is 5.91 Å². The molecule has 2 rings (SSSR count). The summed E-state index contributed by atoms with van der Waals surface area (Å²) in [7, 11) is 0. The summed E-state index contributed by atoms with van der Waals surface area (Å²) in [6.45, 7) is 2.36. The predicted molar refractivity (Wildman–Crippen MR) is 95.6 cm³/mol. The molecule has 0 unspecified atom stereocenters. The Kier molecular flexibility index (Phi) is 7.59. The number of nitrogens with zero attached hydrogens (tertiary/aromatic N) is 1. The quantitative estimate of drug-likeness (QED) is 0.641. The average Bonchev–Trinajstić information content (AvgIpc) is 3.12. The molecule has 0 bridgehead atoms. The lowest BCUT2D eigenvalue weighted by Crippen LogP contribution is -2.48. The van der Waals surface area contributed by atoms with Crippen LogP contribution >= 0.6 is 0 Å². The number of ether oxygens (including phenoxy) is 1. The lowest BCUT2D eigenvalue weighted by molar-refractivity contribution is -0.149. The highest BCUT2D eigenvalue weighted by atomic mass is 16.5. The van der Waals surface area contributed by atoms with Crippen molar-refractivity contribution in [1.82, 2.24) is 10.2 Å². The Morgan fingerprint density at radius 1 is 1.31 bits per heavy atom. The number of carboxylic acids is 1. The molecule has 0 aromatic heterocycles. The Balaban J connectivity index is 1.92. The highest BCUT2D eigenvalue weighted by Gasteiger charge is 2.34. The molecule has 0 spiro atoms. The average molecular weight is 362 g/mol. The third-order valence-corrected chi connectivity index (χ3v) is 4.49. The fourth-order valence-electron chi connectivity index (χ4n) is 3.14. The number of likely N-dealkylation sites (tertiary alicyclic amines) is 1. The molecule has 142 valence electrons. The first-order valence-corrected chi connectivity index (χ1v) is 8.99. The van der Waals surface area contributed by atoms with Gasteiger partial charge in [-0.25, -0.2) is 4.79 Å². The van der Waals surface area contributed by atoms with Crippen LogP contribution in [0.25, 0.3) is 0 Å². The van der Waals surface area contributed by atoms with Crippen molar-refractivity contribution in [2.45, 2.75) is 44.7 Å². The number of hydrogen-bond acceptors (Lipinski definition) is 5. The standard InChI is InChI=1S/C19H26N2O5/c1-2-26-19(25)15(11-10-14-7-4-3-5-8-14)20-13-17(22)21-12-6-9-16(21)18(23)24/h3-5,7-8,15-16,20H,2,6,9-13H2,1H3,(H,23,24)/t15-,16+/m1/s1. The zero-order valence-corrected chi connectivity index (χ0v) is 15.0. The summed E-state index contributed by atoms with van der Waals surface area (Å²) in [5.41, 5.74) is 1.10. The summed E-state index contributed by atoms with van der Waals surface area (Å²) in [5, 5.41) is 12.1. The van der Waals surface area contributed by atoms with Crippen molar-refractivity contribution < 1.29 is 24.2 Å². The van der Waals surface area contributed by atoms with Crippen molar-refractivity contribution >= 4 is 17.8 Å². The van der Waals surface area contributed by atoms with Crippen molar-refractivity contribution in [3.05, 3.63) is 35.9 Å². The van der Waals surface area contributed by atoms with E-state index in [0.29, 0.717) is 32.2 Å². The fraction of sp³-hybridized carbons (Fsp3) is 0.526. The topological polar surface area (TPSA) is 95.9 Å². The molecule has 1 amide bonds. The van der Waals surface area contributed by atoms with E-state index in [-0.39, 0.29) is 19.1 Å². The van der Waals surface area contributed by atoms with Gasteiger partial charge in [-0.05, 0) is 38.2 Å². The van der Waals surface area contributed by atoms with Crippen LogP contribution in [0.5, 0.6) is 0 Å². The number of carbonyl (C=O) groups excluding carboxylic acids is 2. The number of aryl methyl sites for hydroxylation is 1. The number of nitrogens with one attached hydrogen (secondary N) is 1. The van der Waals surface area contributed by atoms with Crippen LogP contribution in [0.4, 0.5) is 0 Å². The molecule has 1 aliphatic rings. The van der Waals surface area contributed by atoms with E-state index in [9.17, 15) is 19.5 Å². The highest BCUT2D eigenvalue weighted by molar-refractivity contribution is 5.86. The predicted octanol–water partition coefficient (Wildman–Crippen LogP) is 1.22. The molecule has 1 heterocycles. The lowest BCUT2D eigenvalue weighted by Gasteiger charge is -2.23. The Labute approximate surface area is 153 Å². The molecule has 7 nitrogen and oxygen atoms in total. The molecule has 1 saturated heterocycles. The minimum Gasteiger partial charge on any atom is -0.480 e. The molecule has 0 saturated carbocycles. The van der Waals surface area contributed by atoms with Gasteiger partial charge in [0.1, 0.15) is 12.1 Å². The van der Waals surface area contributed by atoms with E-state index in [1.54, 1.807) is 6.92 Å². The summed E-state index contributed by atoms with van der Waals surface area (Å²) in [6, 6.07) is 8.39. The first-order valence-electron chi connectivity index (χ1n) is 8.99. The number of amides is 1. The van der Waals surface area contributed by atoms with E-state index in [4.69, 9.17) is 4.74 Å². The van der Waals surface area contributed by atoms with Gasteiger partial charge in [0.05, 0.1) is 13.2 Å². The Morgan fingerprint density at radius 3 is 2.69 bits per heavy atom. The van der Waals surface area contributed by atoms with Gasteiger partial charge in [-0.2, -0.15) is 0 Å². The molecule has 7 heteroatoms. The number of carbonyl (C=O) groups is 3. The number of aliphatic carboxylic acids is 1. The molecule has 0 radical (unpaired) electrons. The minimum atomic E-state index is -0.984. The second kappa shape index (κ2) is 9.91. The minimum absolute atomic E-state index is 0.0813. The van der Waals surface area contributed by atoms with Crippen molar-refractivity contribution in [1.29, 1.82) is 0 Å². The van der Waals surface area contributed by atoms with Crippen molar-refractivity contribution in [2.75, 3.05) is 19.7 Å². The van der Waals surface area contributed by atoms with E-state index in [1.807, 2.05) is 30.3 Å². The molecule has 2 atom stereocenters. The summed E-state index contributed by atoms with van der Waals surface area (Å²) in [5.74, 6) is -1.68. The van der Waals surface area contributed by atoms with Crippen molar-refractivity contribution in [2.24, 2.45) is 0 Å². The Hall–Kier alpha value is -2.41. The maximum atomic E-state index is 12.4. The summed E-state index contributed by atoms with van der Waals surface area (Å²) >= 11 is 0. The third-order valence-electron chi connectivity index (χ3n) is 4.49. The Bertz CT molecular complexity index is 620. The number of esters is 1. The normalized spacial score (nSPS) is 17.7. The monoisotopic (exact) mass is 362 g/mol. The van der Waals surface area contributed by atoms with Crippen molar-refractivity contribution in [3.8, 4) is 0 Å².